The van der Waals surface area contributed by atoms with Gasteiger partial charge in [-0.1, -0.05) is 12.8 Å². The van der Waals surface area contributed by atoms with E-state index in [9.17, 15) is 0 Å². The lowest BCUT2D eigenvalue weighted by Crippen LogP contribution is -2.10. The van der Waals surface area contributed by atoms with Crippen LogP contribution in [0.5, 0.6) is 0 Å². The molecule has 1 saturated carbocycles. The van der Waals surface area contributed by atoms with E-state index >= 15 is 0 Å². The second-order valence-electron chi connectivity index (χ2n) is 5.17. The van der Waals surface area contributed by atoms with Crippen molar-refractivity contribution in [1.82, 2.24) is 14.5 Å². The third kappa shape index (κ3) is 1.77. The van der Waals surface area contributed by atoms with E-state index in [4.69, 9.17) is 5.73 Å². The van der Waals surface area contributed by atoms with E-state index in [1.54, 1.807) is 0 Å². The molecule has 4 heteroatoms. The van der Waals surface area contributed by atoms with Crippen molar-refractivity contribution in [3.8, 4) is 0 Å². The highest BCUT2D eigenvalue weighted by Gasteiger charge is 2.26. The van der Waals surface area contributed by atoms with Crippen LogP contribution in [0.3, 0.4) is 0 Å². The molecule has 1 atom stereocenters. The minimum Gasteiger partial charge on any atom is -0.369 e. The summed E-state index contributed by atoms with van der Waals surface area (Å²) in [7, 11) is 0. The number of fused-ring (bicyclic) bond motifs is 1. The van der Waals surface area contributed by atoms with Gasteiger partial charge < -0.3 is 5.73 Å². The molecule has 1 aliphatic rings. The zero-order chi connectivity index (χ0) is 12.0. The summed E-state index contributed by atoms with van der Waals surface area (Å²) >= 11 is 0. The fourth-order valence-electron chi connectivity index (χ4n) is 2.50. The summed E-state index contributed by atoms with van der Waals surface area (Å²) in [5.41, 5.74) is 9.03. The lowest BCUT2D eigenvalue weighted by molar-refractivity contribution is 0.490. The number of imidazole rings is 1. The first-order chi connectivity index (χ1) is 8.16. The van der Waals surface area contributed by atoms with Crippen molar-refractivity contribution >= 4 is 17.1 Å². The van der Waals surface area contributed by atoms with E-state index in [-0.39, 0.29) is 0 Å². The molecule has 1 unspecified atom stereocenters. The number of anilines is 1. The molecule has 2 aromatic heterocycles. The van der Waals surface area contributed by atoms with Crippen molar-refractivity contribution < 1.29 is 0 Å². The maximum absolute atomic E-state index is 6.03. The molecule has 2 N–H and O–H groups in total. The molecule has 0 spiro atoms. The van der Waals surface area contributed by atoms with Gasteiger partial charge in [0.2, 0.25) is 5.95 Å². The van der Waals surface area contributed by atoms with Gasteiger partial charge >= 0.3 is 0 Å². The highest BCUT2D eigenvalue weighted by Crippen LogP contribution is 2.38. The maximum Gasteiger partial charge on any atom is 0.202 e. The number of hydrogen-bond acceptors (Lipinski definition) is 3. The quantitative estimate of drug-likeness (QED) is 0.882. The largest absolute Gasteiger partial charge is 0.369 e. The zero-order valence-corrected chi connectivity index (χ0v) is 10.3. The SMILES string of the molecule is Cc1ccnc2c1nc(N)n2C(C)CC1CC1. The van der Waals surface area contributed by atoms with Gasteiger partial charge in [0.1, 0.15) is 5.52 Å². The summed E-state index contributed by atoms with van der Waals surface area (Å²) in [4.78, 5) is 8.87. The third-order valence-corrected chi connectivity index (χ3v) is 3.62. The lowest BCUT2D eigenvalue weighted by Gasteiger charge is -2.14. The van der Waals surface area contributed by atoms with Crippen molar-refractivity contribution in [3.63, 3.8) is 0 Å². The first kappa shape index (κ1) is 10.6. The summed E-state index contributed by atoms with van der Waals surface area (Å²) in [6.45, 7) is 4.26. The molecular formula is C13H18N4. The van der Waals surface area contributed by atoms with Gasteiger partial charge in [0.05, 0.1) is 0 Å². The zero-order valence-electron chi connectivity index (χ0n) is 10.3. The Morgan fingerprint density at radius 1 is 1.53 bits per heavy atom. The van der Waals surface area contributed by atoms with Crippen LogP contribution in [0.2, 0.25) is 0 Å². The average molecular weight is 230 g/mol. The van der Waals surface area contributed by atoms with Crippen LogP contribution in [0.15, 0.2) is 12.3 Å². The van der Waals surface area contributed by atoms with Crippen molar-refractivity contribution in [3.05, 3.63) is 17.8 Å². The van der Waals surface area contributed by atoms with Crippen LogP contribution in [0.25, 0.3) is 11.2 Å². The number of nitrogen functional groups attached to an aromatic ring is 1. The average Bonchev–Trinajstić information content (AvgIpc) is 3.00. The molecule has 90 valence electrons. The predicted molar refractivity (Wildman–Crippen MR) is 68.7 cm³/mol. The number of nitrogens with zero attached hydrogens (tertiary/aromatic N) is 3. The number of aryl methyl sites for hydroxylation is 1. The predicted octanol–water partition coefficient (Wildman–Crippen LogP) is 2.68. The normalized spacial score (nSPS) is 17.5. The van der Waals surface area contributed by atoms with Crippen molar-refractivity contribution in [2.45, 2.75) is 39.2 Å². The van der Waals surface area contributed by atoms with Crippen LogP contribution in [0.1, 0.15) is 37.8 Å². The molecule has 0 bridgehead atoms. The van der Waals surface area contributed by atoms with Gasteiger partial charge in [-0.05, 0) is 37.8 Å². The van der Waals surface area contributed by atoms with E-state index in [0.717, 1.165) is 22.6 Å². The Bertz CT molecular complexity index is 554. The Hall–Kier alpha value is -1.58. The lowest BCUT2D eigenvalue weighted by atomic mass is 10.1. The fraction of sp³-hybridized carbons (Fsp3) is 0.538. The molecule has 3 rings (SSSR count). The van der Waals surface area contributed by atoms with Crippen LogP contribution in [0, 0.1) is 12.8 Å². The number of nitrogens with two attached hydrogens (primary N) is 1. The Balaban J connectivity index is 2.07. The van der Waals surface area contributed by atoms with Crippen molar-refractivity contribution in [1.29, 1.82) is 0 Å². The highest BCUT2D eigenvalue weighted by atomic mass is 15.2. The molecule has 0 amide bonds. The molecule has 17 heavy (non-hydrogen) atoms. The fourth-order valence-corrected chi connectivity index (χ4v) is 2.50. The van der Waals surface area contributed by atoms with Crippen LogP contribution in [0.4, 0.5) is 5.95 Å². The first-order valence-corrected chi connectivity index (χ1v) is 6.26. The number of hydrogen-bond donors (Lipinski definition) is 1. The minimum atomic E-state index is 0.391. The molecule has 4 nitrogen and oxygen atoms in total. The number of aromatic nitrogens is 3. The van der Waals surface area contributed by atoms with E-state index in [1.807, 2.05) is 19.2 Å². The maximum atomic E-state index is 6.03. The van der Waals surface area contributed by atoms with Crippen molar-refractivity contribution in [2.24, 2.45) is 5.92 Å². The third-order valence-electron chi connectivity index (χ3n) is 3.62. The highest BCUT2D eigenvalue weighted by molar-refractivity contribution is 5.77. The smallest absolute Gasteiger partial charge is 0.202 e. The molecule has 2 heterocycles. The summed E-state index contributed by atoms with van der Waals surface area (Å²) in [6, 6.07) is 2.37. The summed E-state index contributed by atoms with van der Waals surface area (Å²) in [6.07, 6.45) is 5.75. The molecule has 0 radical (unpaired) electrons. The molecule has 1 fully saturated rings. The standard InChI is InChI=1S/C13H18N4/c1-8-5-6-15-12-11(8)16-13(14)17(12)9(2)7-10-3-4-10/h5-6,9-10H,3-4,7H2,1-2H3,(H2,14,16). The molecular weight excluding hydrogens is 212 g/mol. The van der Waals surface area contributed by atoms with E-state index in [1.165, 1.54) is 19.3 Å². The van der Waals surface area contributed by atoms with Gasteiger partial charge in [0, 0.05) is 12.2 Å². The second kappa shape index (κ2) is 3.72. The van der Waals surface area contributed by atoms with Crippen molar-refractivity contribution in [2.75, 3.05) is 5.73 Å². The molecule has 0 aliphatic heterocycles. The molecule has 0 saturated heterocycles. The number of rotatable bonds is 3. The Labute approximate surface area is 101 Å². The molecule has 0 aromatic carbocycles. The Morgan fingerprint density at radius 3 is 3.00 bits per heavy atom. The summed E-state index contributed by atoms with van der Waals surface area (Å²) in [5, 5.41) is 0. The van der Waals surface area contributed by atoms with Gasteiger partial charge in [0.25, 0.3) is 0 Å². The van der Waals surface area contributed by atoms with Gasteiger partial charge in [-0.2, -0.15) is 0 Å². The van der Waals surface area contributed by atoms with Crippen LogP contribution >= 0.6 is 0 Å². The number of pyridine rings is 1. The van der Waals surface area contributed by atoms with Gasteiger partial charge in [-0.3, -0.25) is 4.57 Å². The van der Waals surface area contributed by atoms with E-state index < -0.39 is 0 Å². The Kier molecular flexibility index (Phi) is 2.31. The Morgan fingerprint density at radius 2 is 2.29 bits per heavy atom. The van der Waals surface area contributed by atoms with Gasteiger partial charge in [0.15, 0.2) is 5.65 Å². The van der Waals surface area contributed by atoms with Crippen LogP contribution in [-0.4, -0.2) is 14.5 Å². The van der Waals surface area contributed by atoms with E-state index in [2.05, 4.69) is 21.5 Å². The molecule has 2 aromatic rings. The molecule has 1 aliphatic carbocycles. The van der Waals surface area contributed by atoms with Gasteiger partial charge in [-0.15, -0.1) is 0 Å². The summed E-state index contributed by atoms with van der Waals surface area (Å²) in [5.74, 6) is 1.47. The second-order valence-corrected chi connectivity index (χ2v) is 5.17. The van der Waals surface area contributed by atoms with Gasteiger partial charge in [-0.25, -0.2) is 9.97 Å². The van der Waals surface area contributed by atoms with E-state index in [0.29, 0.717) is 12.0 Å². The van der Waals surface area contributed by atoms with Crippen LogP contribution in [-0.2, 0) is 0 Å². The first-order valence-electron chi connectivity index (χ1n) is 6.26. The minimum absolute atomic E-state index is 0.391. The summed E-state index contributed by atoms with van der Waals surface area (Å²) < 4.78 is 2.08. The van der Waals surface area contributed by atoms with Crippen LogP contribution < -0.4 is 5.73 Å². The topological polar surface area (TPSA) is 56.7 Å². The monoisotopic (exact) mass is 230 g/mol.